The molecule has 0 radical (unpaired) electrons. The minimum absolute atomic E-state index is 0.0249. The first-order chi connectivity index (χ1) is 9.95. The molecule has 0 aliphatic carbocycles. The van der Waals surface area contributed by atoms with Gasteiger partial charge in [-0.1, -0.05) is 25.6 Å². The molecule has 1 rings (SSSR count). The Balaban J connectivity index is 3.44. The zero-order chi connectivity index (χ0) is 17.1. The molecule has 1 aromatic heterocycles. The standard InChI is InChI=1S/C14H17F3N2O2Si/c1-19(21-2)13(20)10-6-7-12(14(15,16)17)18-11(10)8-9-22(3,4)5/h6-7H,1-5H3. The Hall–Kier alpha value is -1.85. The summed E-state index contributed by atoms with van der Waals surface area (Å²) in [6.07, 6.45) is -4.59. The summed E-state index contributed by atoms with van der Waals surface area (Å²) in [5.74, 6) is 2.02. The number of hydroxylamine groups is 2. The van der Waals surface area contributed by atoms with Gasteiger partial charge in [0.2, 0.25) is 0 Å². The van der Waals surface area contributed by atoms with E-state index in [0.717, 1.165) is 17.2 Å². The van der Waals surface area contributed by atoms with Crippen molar-refractivity contribution < 1.29 is 22.8 Å². The van der Waals surface area contributed by atoms with Gasteiger partial charge in [-0.15, -0.1) is 5.54 Å². The third-order valence-corrected chi connectivity index (χ3v) is 3.41. The maximum absolute atomic E-state index is 12.8. The highest BCUT2D eigenvalue weighted by molar-refractivity contribution is 6.83. The van der Waals surface area contributed by atoms with E-state index in [2.05, 4.69) is 16.4 Å². The number of nitrogens with zero attached hydrogens (tertiary/aromatic N) is 2. The van der Waals surface area contributed by atoms with Crippen LogP contribution in [-0.4, -0.2) is 38.2 Å². The first-order valence-electron chi connectivity index (χ1n) is 6.39. The van der Waals surface area contributed by atoms with E-state index in [4.69, 9.17) is 4.84 Å². The monoisotopic (exact) mass is 330 g/mol. The van der Waals surface area contributed by atoms with Crippen LogP contribution >= 0.6 is 0 Å². The van der Waals surface area contributed by atoms with Crippen LogP contribution in [0.1, 0.15) is 21.7 Å². The first-order valence-corrected chi connectivity index (χ1v) is 9.89. The van der Waals surface area contributed by atoms with Crippen molar-refractivity contribution in [2.24, 2.45) is 0 Å². The van der Waals surface area contributed by atoms with Crippen molar-refractivity contribution in [3.8, 4) is 11.5 Å². The number of carbonyl (C=O) groups excluding carboxylic acids is 1. The molecule has 120 valence electrons. The fourth-order valence-electron chi connectivity index (χ4n) is 1.38. The van der Waals surface area contributed by atoms with Crippen LogP contribution in [0.15, 0.2) is 12.1 Å². The molecule has 1 amide bonds. The van der Waals surface area contributed by atoms with Gasteiger partial charge in [-0.3, -0.25) is 9.63 Å². The minimum Gasteiger partial charge on any atom is -0.274 e. The van der Waals surface area contributed by atoms with Crippen molar-refractivity contribution in [2.45, 2.75) is 25.8 Å². The lowest BCUT2D eigenvalue weighted by Gasteiger charge is -2.15. The second-order valence-electron chi connectivity index (χ2n) is 5.58. The molecule has 0 aromatic carbocycles. The predicted molar refractivity (Wildman–Crippen MR) is 78.6 cm³/mol. The Bertz CT molecular complexity index is 628. The molecule has 0 saturated heterocycles. The number of hydrogen-bond donors (Lipinski definition) is 0. The van der Waals surface area contributed by atoms with Gasteiger partial charge in [-0.25, -0.2) is 10.0 Å². The van der Waals surface area contributed by atoms with Crippen molar-refractivity contribution >= 4 is 14.0 Å². The third-order valence-electron chi connectivity index (χ3n) is 2.53. The fourth-order valence-corrected chi connectivity index (χ4v) is 1.88. The van der Waals surface area contributed by atoms with Gasteiger partial charge in [-0.05, 0) is 12.1 Å². The smallest absolute Gasteiger partial charge is 0.274 e. The van der Waals surface area contributed by atoms with E-state index in [0.29, 0.717) is 0 Å². The topological polar surface area (TPSA) is 42.4 Å². The predicted octanol–water partition coefficient (Wildman–Crippen LogP) is 2.96. The number of pyridine rings is 1. The molecular weight excluding hydrogens is 313 g/mol. The molecule has 4 nitrogen and oxygen atoms in total. The Kier molecular flexibility index (Phi) is 5.38. The van der Waals surface area contributed by atoms with E-state index in [1.165, 1.54) is 14.2 Å². The molecule has 0 spiro atoms. The number of alkyl halides is 3. The lowest BCUT2D eigenvalue weighted by atomic mass is 10.1. The molecule has 0 fully saturated rings. The molecule has 0 aliphatic rings. The normalized spacial score (nSPS) is 11.6. The van der Waals surface area contributed by atoms with E-state index < -0.39 is 25.9 Å². The summed E-state index contributed by atoms with van der Waals surface area (Å²) in [5, 5.41) is 0.907. The third kappa shape index (κ3) is 4.86. The van der Waals surface area contributed by atoms with Crippen LogP contribution in [0.2, 0.25) is 19.6 Å². The Morgan fingerprint density at radius 2 is 1.91 bits per heavy atom. The summed E-state index contributed by atoms with van der Waals surface area (Å²) in [6.45, 7) is 5.82. The number of carbonyl (C=O) groups is 1. The van der Waals surface area contributed by atoms with Crippen LogP contribution in [-0.2, 0) is 11.0 Å². The van der Waals surface area contributed by atoms with Gasteiger partial charge in [0.25, 0.3) is 5.91 Å². The van der Waals surface area contributed by atoms with Gasteiger partial charge in [0.05, 0.1) is 12.7 Å². The largest absolute Gasteiger partial charge is 0.433 e. The van der Waals surface area contributed by atoms with Crippen molar-refractivity contribution in [2.75, 3.05) is 14.2 Å². The SMILES string of the molecule is CON(C)C(=O)c1ccc(C(F)(F)F)nc1C#C[Si](C)(C)C. The van der Waals surface area contributed by atoms with Gasteiger partial charge in [0.1, 0.15) is 19.5 Å². The van der Waals surface area contributed by atoms with Crippen LogP contribution in [0.4, 0.5) is 13.2 Å². The van der Waals surface area contributed by atoms with E-state index in [-0.39, 0.29) is 11.3 Å². The summed E-state index contributed by atoms with van der Waals surface area (Å²) < 4.78 is 38.3. The molecule has 1 aromatic rings. The van der Waals surface area contributed by atoms with Crippen molar-refractivity contribution in [3.05, 3.63) is 29.1 Å². The highest BCUT2D eigenvalue weighted by atomic mass is 28.3. The van der Waals surface area contributed by atoms with E-state index in [9.17, 15) is 18.0 Å². The molecule has 0 bridgehead atoms. The second-order valence-corrected chi connectivity index (χ2v) is 10.3. The summed E-state index contributed by atoms with van der Waals surface area (Å²) in [4.78, 5) is 20.4. The lowest BCUT2D eigenvalue weighted by Crippen LogP contribution is -2.27. The second kappa shape index (κ2) is 6.50. The quantitative estimate of drug-likeness (QED) is 0.476. The molecule has 0 aliphatic heterocycles. The highest BCUT2D eigenvalue weighted by Crippen LogP contribution is 2.28. The Labute approximate surface area is 128 Å². The van der Waals surface area contributed by atoms with Crippen LogP contribution in [0.25, 0.3) is 0 Å². The van der Waals surface area contributed by atoms with Gasteiger partial charge >= 0.3 is 6.18 Å². The van der Waals surface area contributed by atoms with Gasteiger partial charge in [0.15, 0.2) is 0 Å². The Morgan fingerprint density at radius 3 is 2.36 bits per heavy atom. The molecule has 1 heterocycles. The van der Waals surface area contributed by atoms with Gasteiger partial charge < -0.3 is 0 Å². The number of halogens is 3. The van der Waals surface area contributed by atoms with E-state index >= 15 is 0 Å². The first kappa shape index (κ1) is 18.2. The summed E-state index contributed by atoms with van der Waals surface area (Å²) in [5.41, 5.74) is 1.62. The van der Waals surface area contributed by atoms with Crippen molar-refractivity contribution in [1.29, 1.82) is 0 Å². The maximum atomic E-state index is 12.8. The summed E-state index contributed by atoms with van der Waals surface area (Å²) >= 11 is 0. The van der Waals surface area contributed by atoms with E-state index in [1.54, 1.807) is 0 Å². The minimum atomic E-state index is -4.59. The average molecular weight is 330 g/mol. The number of hydrogen-bond acceptors (Lipinski definition) is 3. The lowest BCUT2D eigenvalue weighted by molar-refractivity contribution is -0.141. The number of amides is 1. The maximum Gasteiger partial charge on any atom is 0.433 e. The zero-order valence-corrected chi connectivity index (χ0v) is 14.0. The van der Waals surface area contributed by atoms with Crippen molar-refractivity contribution in [1.82, 2.24) is 10.0 Å². The molecular formula is C14H17F3N2O2Si. The number of rotatable bonds is 2. The Morgan fingerprint density at radius 1 is 1.32 bits per heavy atom. The molecule has 0 atom stereocenters. The highest BCUT2D eigenvalue weighted by Gasteiger charge is 2.33. The van der Waals surface area contributed by atoms with Gasteiger partial charge in [-0.2, -0.15) is 13.2 Å². The molecule has 8 heteroatoms. The van der Waals surface area contributed by atoms with Gasteiger partial charge in [0, 0.05) is 7.05 Å². The van der Waals surface area contributed by atoms with E-state index in [1.807, 2.05) is 19.6 Å². The van der Waals surface area contributed by atoms with Crippen LogP contribution in [0, 0.1) is 11.5 Å². The summed E-state index contributed by atoms with van der Waals surface area (Å²) in [7, 11) is 0.802. The van der Waals surface area contributed by atoms with Crippen molar-refractivity contribution in [3.63, 3.8) is 0 Å². The average Bonchev–Trinajstić information content (AvgIpc) is 2.41. The summed E-state index contributed by atoms with van der Waals surface area (Å²) in [6, 6.07) is 1.83. The molecule has 0 N–H and O–H groups in total. The number of aromatic nitrogens is 1. The molecule has 0 unspecified atom stereocenters. The zero-order valence-electron chi connectivity index (χ0n) is 13.0. The molecule has 0 saturated carbocycles. The molecule has 22 heavy (non-hydrogen) atoms. The fraction of sp³-hybridized carbons (Fsp3) is 0.429. The van der Waals surface area contributed by atoms with Crippen LogP contribution < -0.4 is 0 Å². The van der Waals surface area contributed by atoms with Crippen LogP contribution in [0.3, 0.4) is 0 Å². The van der Waals surface area contributed by atoms with Crippen LogP contribution in [0.5, 0.6) is 0 Å².